The van der Waals surface area contributed by atoms with Crippen LogP contribution in [0.15, 0.2) is 66.7 Å². The number of ether oxygens (including phenoxy) is 1. The largest absolute Gasteiger partial charge is 0.507 e. The third-order valence-corrected chi connectivity index (χ3v) is 4.57. The lowest BCUT2D eigenvalue weighted by molar-refractivity contribution is 0.416. The lowest BCUT2D eigenvalue weighted by atomic mass is 9.90. The first-order valence-electron chi connectivity index (χ1n) is 7.98. The topological polar surface area (TPSA) is 29.5 Å². The van der Waals surface area contributed by atoms with E-state index in [1.165, 1.54) is 0 Å². The predicted octanol–water partition coefficient (Wildman–Crippen LogP) is 5.68. The molecule has 2 nitrogen and oxygen atoms in total. The van der Waals surface area contributed by atoms with Crippen molar-refractivity contribution in [3.05, 3.63) is 72.3 Å². The van der Waals surface area contributed by atoms with Crippen molar-refractivity contribution in [1.29, 1.82) is 0 Å². The van der Waals surface area contributed by atoms with Gasteiger partial charge in [-0.15, -0.1) is 0 Å². The minimum absolute atomic E-state index is 0.309. The van der Waals surface area contributed by atoms with E-state index in [9.17, 15) is 5.11 Å². The van der Waals surface area contributed by atoms with Gasteiger partial charge in [0.05, 0.1) is 7.11 Å². The molecule has 0 radical (unpaired) electrons. The van der Waals surface area contributed by atoms with Crippen molar-refractivity contribution in [2.75, 3.05) is 7.11 Å². The maximum Gasteiger partial charge on any atom is 0.127 e. The van der Waals surface area contributed by atoms with Gasteiger partial charge in [0.15, 0.2) is 0 Å². The summed E-state index contributed by atoms with van der Waals surface area (Å²) in [7, 11) is 1.67. The molecule has 1 N–H and O–H groups in total. The van der Waals surface area contributed by atoms with E-state index in [1.54, 1.807) is 7.11 Å². The minimum atomic E-state index is 0.309. The van der Waals surface area contributed by atoms with Gasteiger partial charge >= 0.3 is 0 Å². The molecule has 24 heavy (non-hydrogen) atoms. The second kappa shape index (κ2) is 5.57. The summed E-state index contributed by atoms with van der Waals surface area (Å²) in [5.41, 5.74) is 2.63. The van der Waals surface area contributed by atoms with Crippen LogP contribution in [-0.4, -0.2) is 12.2 Å². The number of hydrogen-bond acceptors (Lipinski definition) is 2. The Kier molecular flexibility index (Phi) is 3.39. The predicted molar refractivity (Wildman–Crippen MR) is 99.8 cm³/mol. The number of aromatic hydroxyl groups is 1. The van der Waals surface area contributed by atoms with Crippen molar-refractivity contribution in [2.45, 2.75) is 6.92 Å². The summed E-state index contributed by atoms with van der Waals surface area (Å²) < 4.78 is 5.64. The second-order valence-electron chi connectivity index (χ2n) is 6.00. The van der Waals surface area contributed by atoms with Gasteiger partial charge in [0.1, 0.15) is 11.5 Å². The molecule has 0 spiro atoms. The maximum absolute atomic E-state index is 10.9. The summed E-state index contributed by atoms with van der Waals surface area (Å²) in [5.74, 6) is 1.07. The standard InChI is InChI=1S/C22H18O2/c1-14-13-16-8-4-6-10-18(16)21(22(14)23)20-17-9-5-3-7-15(17)11-12-19(20)24-2/h3-13,23H,1-2H3. The highest BCUT2D eigenvalue weighted by Gasteiger charge is 2.18. The third-order valence-electron chi connectivity index (χ3n) is 4.57. The molecule has 0 fully saturated rings. The summed E-state index contributed by atoms with van der Waals surface area (Å²) in [6, 6.07) is 22.4. The van der Waals surface area contributed by atoms with Crippen LogP contribution >= 0.6 is 0 Å². The summed E-state index contributed by atoms with van der Waals surface area (Å²) in [5, 5.41) is 15.2. The van der Waals surface area contributed by atoms with Gasteiger partial charge in [0.25, 0.3) is 0 Å². The monoisotopic (exact) mass is 314 g/mol. The zero-order chi connectivity index (χ0) is 16.7. The molecule has 0 saturated carbocycles. The molecular weight excluding hydrogens is 296 g/mol. The Bertz CT molecular complexity index is 1060. The fourth-order valence-electron chi connectivity index (χ4n) is 3.41. The van der Waals surface area contributed by atoms with E-state index in [1.807, 2.05) is 55.5 Å². The highest BCUT2D eigenvalue weighted by molar-refractivity contribution is 6.10. The maximum atomic E-state index is 10.9. The summed E-state index contributed by atoms with van der Waals surface area (Å²) in [6.07, 6.45) is 0. The zero-order valence-corrected chi connectivity index (χ0v) is 13.7. The molecule has 0 heterocycles. The first kappa shape index (κ1) is 14.6. The van der Waals surface area contributed by atoms with Crippen LogP contribution in [0.3, 0.4) is 0 Å². The minimum Gasteiger partial charge on any atom is -0.507 e. The van der Waals surface area contributed by atoms with Crippen molar-refractivity contribution >= 4 is 21.5 Å². The Hall–Kier alpha value is -3.00. The summed E-state index contributed by atoms with van der Waals surface area (Å²) in [4.78, 5) is 0. The van der Waals surface area contributed by atoms with Gasteiger partial charge in [-0.05, 0) is 46.2 Å². The quantitative estimate of drug-likeness (QED) is 0.515. The second-order valence-corrected chi connectivity index (χ2v) is 6.00. The highest BCUT2D eigenvalue weighted by Crippen LogP contribution is 2.46. The Morgan fingerprint density at radius 1 is 0.750 bits per heavy atom. The van der Waals surface area contributed by atoms with Crippen molar-refractivity contribution in [1.82, 2.24) is 0 Å². The van der Waals surface area contributed by atoms with Crippen LogP contribution < -0.4 is 4.74 Å². The molecule has 0 aliphatic rings. The number of aryl methyl sites for hydroxylation is 1. The fraction of sp³-hybridized carbons (Fsp3) is 0.0909. The van der Waals surface area contributed by atoms with Crippen molar-refractivity contribution < 1.29 is 9.84 Å². The van der Waals surface area contributed by atoms with E-state index in [4.69, 9.17) is 4.74 Å². The number of benzene rings is 4. The van der Waals surface area contributed by atoms with Gasteiger partial charge in [-0.25, -0.2) is 0 Å². The Labute approximate surface area is 140 Å². The SMILES string of the molecule is COc1ccc2ccccc2c1-c1c(O)c(C)cc2ccccc12. The molecule has 0 amide bonds. The van der Waals surface area contributed by atoms with Crippen LogP contribution in [0.2, 0.25) is 0 Å². The van der Waals surface area contributed by atoms with Crippen LogP contribution in [0, 0.1) is 6.92 Å². The average Bonchev–Trinajstić information content (AvgIpc) is 2.62. The molecule has 4 aromatic carbocycles. The van der Waals surface area contributed by atoms with Gasteiger partial charge < -0.3 is 9.84 Å². The molecule has 0 saturated heterocycles. The van der Waals surface area contributed by atoms with Crippen molar-refractivity contribution in [3.8, 4) is 22.6 Å². The molecule has 4 rings (SSSR count). The van der Waals surface area contributed by atoms with E-state index >= 15 is 0 Å². The zero-order valence-electron chi connectivity index (χ0n) is 13.7. The van der Waals surface area contributed by atoms with Gasteiger partial charge in [-0.2, -0.15) is 0 Å². The molecule has 2 heteroatoms. The summed E-state index contributed by atoms with van der Waals surface area (Å²) in [6.45, 7) is 1.93. The van der Waals surface area contributed by atoms with E-state index < -0.39 is 0 Å². The van der Waals surface area contributed by atoms with E-state index in [2.05, 4.69) is 18.2 Å². The third kappa shape index (κ3) is 2.11. The molecule has 0 unspecified atom stereocenters. The molecular formula is C22H18O2. The normalized spacial score (nSPS) is 11.1. The molecule has 4 aromatic rings. The molecule has 0 aromatic heterocycles. The van der Waals surface area contributed by atoms with Crippen LogP contribution in [0.1, 0.15) is 5.56 Å². The molecule has 0 aliphatic heterocycles. The smallest absolute Gasteiger partial charge is 0.127 e. The Morgan fingerprint density at radius 3 is 2.08 bits per heavy atom. The molecule has 118 valence electrons. The van der Waals surface area contributed by atoms with Crippen LogP contribution in [-0.2, 0) is 0 Å². The Morgan fingerprint density at radius 2 is 1.38 bits per heavy atom. The number of methoxy groups -OCH3 is 1. The van der Waals surface area contributed by atoms with Gasteiger partial charge in [-0.1, -0.05) is 54.6 Å². The lowest BCUT2D eigenvalue weighted by Gasteiger charge is -2.17. The summed E-state index contributed by atoms with van der Waals surface area (Å²) >= 11 is 0. The fourth-order valence-corrected chi connectivity index (χ4v) is 3.41. The van der Waals surface area contributed by atoms with Crippen molar-refractivity contribution in [2.24, 2.45) is 0 Å². The number of hydrogen-bond donors (Lipinski definition) is 1. The number of rotatable bonds is 2. The first-order valence-corrected chi connectivity index (χ1v) is 7.98. The number of phenols is 1. The van der Waals surface area contributed by atoms with Gasteiger partial charge in [0, 0.05) is 11.1 Å². The average molecular weight is 314 g/mol. The van der Waals surface area contributed by atoms with Gasteiger partial charge in [0.2, 0.25) is 0 Å². The molecule has 0 aliphatic carbocycles. The van der Waals surface area contributed by atoms with Crippen LogP contribution in [0.25, 0.3) is 32.7 Å². The first-order chi connectivity index (χ1) is 11.7. The molecule has 0 atom stereocenters. The number of fused-ring (bicyclic) bond motifs is 2. The molecule has 0 bridgehead atoms. The van der Waals surface area contributed by atoms with E-state index in [0.717, 1.165) is 44.0 Å². The lowest BCUT2D eigenvalue weighted by Crippen LogP contribution is -1.93. The number of phenolic OH excluding ortho intramolecular Hbond substituents is 1. The Balaban J connectivity index is 2.23. The van der Waals surface area contributed by atoms with E-state index in [0.29, 0.717) is 5.75 Å². The van der Waals surface area contributed by atoms with Gasteiger partial charge in [-0.3, -0.25) is 0 Å². The highest BCUT2D eigenvalue weighted by atomic mass is 16.5. The van der Waals surface area contributed by atoms with Crippen LogP contribution in [0.4, 0.5) is 0 Å². The van der Waals surface area contributed by atoms with E-state index in [-0.39, 0.29) is 0 Å². The van der Waals surface area contributed by atoms with Crippen molar-refractivity contribution in [3.63, 3.8) is 0 Å². The van der Waals surface area contributed by atoms with Crippen LogP contribution in [0.5, 0.6) is 11.5 Å².